The van der Waals surface area contributed by atoms with Crippen molar-refractivity contribution in [3.63, 3.8) is 0 Å². The molecule has 0 spiro atoms. The van der Waals surface area contributed by atoms with Gasteiger partial charge >= 0.3 is 0 Å². The number of nitrogens with zero attached hydrogens (tertiary/aromatic N) is 2. The number of aromatic nitrogens is 2. The molecule has 0 aliphatic carbocycles. The van der Waals surface area contributed by atoms with E-state index in [0.29, 0.717) is 29.9 Å². The van der Waals surface area contributed by atoms with Crippen molar-refractivity contribution in [2.24, 2.45) is 7.05 Å². The van der Waals surface area contributed by atoms with Crippen LogP contribution in [0.15, 0.2) is 30.5 Å². The second-order valence-corrected chi connectivity index (χ2v) is 4.17. The van der Waals surface area contributed by atoms with Crippen molar-refractivity contribution in [3.8, 4) is 0 Å². The highest BCUT2D eigenvalue weighted by Crippen LogP contribution is 2.09. The molecule has 1 aromatic carbocycles. The van der Waals surface area contributed by atoms with Gasteiger partial charge in [-0.1, -0.05) is 18.2 Å². The first kappa shape index (κ1) is 13.1. The van der Waals surface area contributed by atoms with Gasteiger partial charge in [0.25, 0.3) is 5.91 Å². The largest absolute Gasteiger partial charge is 0.396 e. The van der Waals surface area contributed by atoms with Gasteiger partial charge in [-0.25, -0.2) is 4.39 Å². The van der Waals surface area contributed by atoms with Gasteiger partial charge in [0.1, 0.15) is 11.5 Å². The molecular formula is C13H15FN4O. The summed E-state index contributed by atoms with van der Waals surface area (Å²) < 4.78 is 14.8. The molecule has 5 nitrogen and oxygen atoms in total. The summed E-state index contributed by atoms with van der Waals surface area (Å²) in [5, 5.41) is 6.58. The number of hydrogen-bond acceptors (Lipinski definition) is 3. The Kier molecular flexibility index (Phi) is 3.79. The summed E-state index contributed by atoms with van der Waals surface area (Å²) in [6.45, 7) is 0.338. The number of benzene rings is 1. The molecule has 0 unspecified atom stereocenters. The Balaban J connectivity index is 1.93. The molecule has 2 aromatic rings. The molecule has 0 aliphatic heterocycles. The average molecular weight is 262 g/mol. The second kappa shape index (κ2) is 5.51. The highest BCUT2D eigenvalue weighted by atomic mass is 19.1. The van der Waals surface area contributed by atoms with Gasteiger partial charge in [0.2, 0.25) is 0 Å². The van der Waals surface area contributed by atoms with Gasteiger partial charge in [-0.3, -0.25) is 9.48 Å². The van der Waals surface area contributed by atoms with Crippen LogP contribution in [-0.2, 0) is 13.5 Å². The van der Waals surface area contributed by atoms with Gasteiger partial charge in [-0.05, 0) is 18.1 Å². The SMILES string of the molecule is Cn1ncc(N)c1C(=O)NCCc1ccccc1F. The fraction of sp³-hybridized carbons (Fsp3) is 0.231. The normalized spacial score (nSPS) is 10.4. The van der Waals surface area contributed by atoms with E-state index < -0.39 is 0 Å². The smallest absolute Gasteiger partial charge is 0.271 e. The molecule has 0 saturated carbocycles. The molecule has 19 heavy (non-hydrogen) atoms. The number of halogens is 1. The van der Waals surface area contributed by atoms with Gasteiger partial charge in [0.15, 0.2) is 0 Å². The lowest BCUT2D eigenvalue weighted by Gasteiger charge is -2.07. The zero-order chi connectivity index (χ0) is 13.8. The van der Waals surface area contributed by atoms with E-state index in [1.165, 1.54) is 16.9 Å². The molecule has 0 fully saturated rings. The Morgan fingerprint density at radius 2 is 2.21 bits per heavy atom. The van der Waals surface area contributed by atoms with Gasteiger partial charge in [0, 0.05) is 13.6 Å². The summed E-state index contributed by atoms with van der Waals surface area (Å²) in [6, 6.07) is 6.49. The summed E-state index contributed by atoms with van der Waals surface area (Å²) in [5.41, 5.74) is 6.85. The van der Waals surface area contributed by atoms with Crippen LogP contribution in [0.2, 0.25) is 0 Å². The topological polar surface area (TPSA) is 72.9 Å². The van der Waals surface area contributed by atoms with Crippen molar-refractivity contribution >= 4 is 11.6 Å². The fourth-order valence-corrected chi connectivity index (χ4v) is 1.83. The van der Waals surface area contributed by atoms with E-state index in [9.17, 15) is 9.18 Å². The Labute approximate surface area is 110 Å². The molecule has 0 saturated heterocycles. The first-order valence-corrected chi connectivity index (χ1v) is 5.88. The molecule has 1 heterocycles. The van der Waals surface area contributed by atoms with E-state index in [2.05, 4.69) is 10.4 Å². The molecule has 1 aromatic heterocycles. The average Bonchev–Trinajstić information content (AvgIpc) is 2.71. The van der Waals surface area contributed by atoms with E-state index >= 15 is 0 Å². The number of carbonyl (C=O) groups is 1. The van der Waals surface area contributed by atoms with Gasteiger partial charge < -0.3 is 11.1 Å². The van der Waals surface area contributed by atoms with Gasteiger partial charge in [-0.15, -0.1) is 0 Å². The Bertz CT molecular complexity index is 575. The maximum atomic E-state index is 13.4. The number of anilines is 1. The molecule has 0 atom stereocenters. The summed E-state index contributed by atoms with van der Waals surface area (Å²) >= 11 is 0. The molecule has 100 valence electrons. The summed E-state index contributed by atoms with van der Waals surface area (Å²) in [5.74, 6) is -0.578. The van der Waals surface area contributed by atoms with Gasteiger partial charge in [-0.2, -0.15) is 5.10 Å². The maximum Gasteiger partial charge on any atom is 0.271 e. The standard InChI is InChI=1S/C13H15FN4O/c1-18-12(11(15)8-17-18)13(19)16-7-6-9-4-2-3-5-10(9)14/h2-5,8H,6-7,15H2,1H3,(H,16,19). The number of aryl methyl sites for hydroxylation is 1. The molecule has 0 aliphatic rings. The van der Waals surface area contributed by atoms with E-state index in [1.54, 1.807) is 25.2 Å². The Hall–Kier alpha value is -2.37. The van der Waals surface area contributed by atoms with Crippen LogP contribution in [0, 0.1) is 5.82 Å². The minimum Gasteiger partial charge on any atom is -0.396 e. The number of hydrogen-bond donors (Lipinski definition) is 2. The van der Waals surface area contributed by atoms with Gasteiger partial charge in [0.05, 0.1) is 11.9 Å². The number of carbonyl (C=O) groups excluding carboxylic acids is 1. The van der Waals surface area contributed by atoms with E-state index in [1.807, 2.05) is 0 Å². The number of nitrogens with one attached hydrogen (secondary N) is 1. The van der Waals surface area contributed by atoms with Crippen molar-refractivity contribution in [1.82, 2.24) is 15.1 Å². The fourth-order valence-electron chi connectivity index (χ4n) is 1.83. The highest BCUT2D eigenvalue weighted by molar-refractivity contribution is 5.97. The lowest BCUT2D eigenvalue weighted by molar-refractivity contribution is 0.0945. The molecule has 2 rings (SSSR count). The van der Waals surface area contributed by atoms with Crippen LogP contribution in [0.25, 0.3) is 0 Å². The zero-order valence-electron chi connectivity index (χ0n) is 10.6. The molecule has 0 radical (unpaired) electrons. The first-order valence-electron chi connectivity index (χ1n) is 5.88. The van der Waals surface area contributed by atoms with Crippen LogP contribution in [0.3, 0.4) is 0 Å². The van der Waals surface area contributed by atoms with Crippen molar-refractivity contribution < 1.29 is 9.18 Å². The zero-order valence-corrected chi connectivity index (χ0v) is 10.6. The number of nitrogens with two attached hydrogens (primary N) is 1. The Morgan fingerprint density at radius 3 is 2.84 bits per heavy atom. The summed E-state index contributed by atoms with van der Waals surface area (Å²) in [7, 11) is 1.64. The Morgan fingerprint density at radius 1 is 1.47 bits per heavy atom. The predicted octanol–water partition coefficient (Wildman–Crippen LogP) is 1.11. The van der Waals surface area contributed by atoms with Crippen molar-refractivity contribution in [2.75, 3.05) is 12.3 Å². The van der Waals surface area contributed by atoms with E-state index in [4.69, 9.17) is 5.73 Å². The summed E-state index contributed by atoms with van der Waals surface area (Å²) in [4.78, 5) is 11.9. The van der Waals surface area contributed by atoms with Crippen molar-refractivity contribution in [3.05, 3.63) is 47.5 Å². The number of nitrogen functional groups attached to an aromatic ring is 1. The van der Waals surface area contributed by atoms with Crippen LogP contribution in [-0.4, -0.2) is 22.2 Å². The number of rotatable bonds is 4. The summed E-state index contributed by atoms with van der Waals surface area (Å²) in [6.07, 6.45) is 1.85. The van der Waals surface area contributed by atoms with E-state index in [0.717, 1.165) is 0 Å². The molecule has 0 bridgehead atoms. The predicted molar refractivity (Wildman–Crippen MR) is 70.1 cm³/mol. The van der Waals surface area contributed by atoms with Crippen LogP contribution in [0.5, 0.6) is 0 Å². The van der Waals surface area contributed by atoms with E-state index in [-0.39, 0.29) is 11.7 Å². The van der Waals surface area contributed by atoms with Crippen molar-refractivity contribution in [1.29, 1.82) is 0 Å². The van der Waals surface area contributed by atoms with Crippen LogP contribution >= 0.6 is 0 Å². The van der Waals surface area contributed by atoms with Crippen molar-refractivity contribution in [2.45, 2.75) is 6.42 Å². The molecule has 1 amide bonds. The quantitative estimate of drug-likeness (QED) is 0.867. The van der Waals surface area contributed by atoms with Crippen LogP contribution < -0.4 is 11.1 Å². The number of amides is 1. The van der Waals surface area contributed by atoms with Crippen LogP contribution in [0.1, 0.15) is 16.1 Å². The van der Waals surface area contributed by atoms with Crippen LogP contribution in [0.4, 0.5) is 10.1 Å². The minimum atomic E-state index is -0.311. The molecule has 6 heteroatoms. The maximum absolute atomic E-state index is 13.4. The molecule has 3 N–H and O–H groups in total. The first-order chi connectivity index (χ1) is 9.09. The lowest BCUT2D eigenvalue weighted by atomic mass is 10.1. The third-order valence-corrected chi connectivity index (χ3v) is 2.82. The lowest BCUT2D eigenvalue weighted by Crippen LogP contribution is -2.28. The minimum absolute atomic E-state index is 0.267. The third kappa shape index (κ3) is 2.90. The third-order valence-electron chi connectivity index (χ3n) is 2.82. The molecular weight excluding hydrogens is 247 g/mol. The monoisotopic (exact) mass is 262 g/mol. The highest BCUT2D eigenvalue weighted by Gasteiger charge is 2.14. The second-order valence-electron chi connectivity index (χ2n) is 4.17.